The highest BCUT2D eigenvalue weighted by Gasteiger charge is 2.28. The van der Waals surface area contributed by atoms with E-state index in [-0.39, 0.29) is 5.91 Å². The Bertz CT molecular complexity index is 416. The molecule has 0 radical (unpaired) electrons. The van der Waals surface area contributed by atoms with Crippen LogP contribution in [0, 0.1) is 5.92 Å². The summed E-state index contributed by atoms with van der Waals surface area (Å²) >= 11 is 0. The number of nitrogens with zero attached hydrogens (tertiary/aromatic N) is 3. The van der Waals surface area contributed by atoms with E-state index in [2.05, 4.69) is 5.10 Å². The average molecular weight is 238 g/mol. The highest BCUT2D eigenvalue weighted by molar-refractivity contribution is 5.98. The molecule has 1 unspecified atom stereocenters. The van der Waals surface area contributed by atoms with E-state index >= 15 is 0 Å². The third kappa shape index (κ3) is 2.26. The van der Waals surface area contributed by atoms with Gasteiger partial charge in [0.25, 0.3) is 5.91 Å². The van der Waals surface area contributed by atoms with Crippen molar-refractivity contribution >= 4 is 11.7 Å². The fraction of sp³-hybridized carbons (Fsp3) is 0.636. The average Bonchev–Trinajstić information content (AvgIpc) is 2.88. The number of hydrogen-bond donors (Lipinski definition) is 1. The lowest BCUT2D eigenvalue weighted by Crippen LogP contribution is -2.29. The molecule has 0 bridgehead atoms. The topological polar surface area (TPSA) is 73.4 Å². The second-order valence-corrected chi connectivity index (χ2v) is 4.43. The van der Waals surface area contributed by atoms with Crippen LogP contribution in [-0.2, 0) is 11.8 Å². The van der Waals surface area contributed by atoms with Crippen molar-refractivity contribution in [3.63, 3.8) is 0 Å². The fourth-order valence-corrected chi connectivity index (χ4v) is 2.17. The van der Waals surface area contributed by atoms with Crippen LogP contribution < -0.4 is 5.73 Å². The molecule has 1 aromatic rings. The molecule has 2 N–H and O–H groups in total. The number of methoxy groups -OCH3 is 1. The number of aryl methyl sites for hydroxylation is 1. The minimum atomic E-state index is -0.0331. The Morgan fingerprint density at radius 2 is 2.47 bits per heavy atom. The van der Waals surface area contributed by atoms with Gasteiger partial charge in [-0.15, -0.1) is 0 Å². The zero-order valence-corrected chi connectivity index (χ0v) is 10.2. The first-order valence-corrected chi connectivity index (χ1v) is 5.69. The maximum atomic E-state index is 12.2. The van der Waals surface area contributed by atoms with Crippen LogP contribution in [0.4, 0.5) is 5.82 Å². The molecule has 0 aromatic carbocycles. The van der Waals surface area contributed by atoms with E-state index in [0.717, 1.165) is 19.5 Å². The van der Waals surface area contributed by atoms with Crippen molar-refractivity contribution in [2.45, 2.75) is 6.42 Å². The lowest BCUT2D eigenvalue weighted by molar-refractivity contribution is 0.0776. The first-order chi connectivity index (χ1) is 8.13. The first kappa shape index (κ1) is 11.9. The molecule has 1 saturated heterocycles. The highest BCUT2D eigenvalue weighted by Crippen LogP contribution is 2.20. The van der Waals surface area contributed by atoms with Crippen molar-refractivity contribution in [3.05, 3.63) is 11.8 Å². The van der Waals surface area contributed by atoms with E-state index in [1.165, 1.54) is 10.9 Å². The summed E-state index contributed by atoms with van der Waals surface area (Å²) in [7, 11) is 3.41. The molecule has 6 nitrogen and oxygen atoms in total. The van der Waals surface area contributed by atoms with E-state index in [9.17, 15) is 4.79 Å². The molecule has 2 rings (SSSR count). The second kappa shape index (κ2) is 4.75. The van der Waals surface area contributed by atoms with Crippen molar-refractivity contribution < 1.29 is 9.53 Å². The van der Waals surface area contributed by atoms with Gasteiger partial charge in [0.2, 0.25) is 0 Å². The Hall–Kier alpha value is -1.56. The molecule has 0 aliphatic carbocycles. The number of nitrogen functional groups attached to an aromatic ring is 1. The molecule has 1 fully saturated rings. The maximum Gasteiger partial charge on any atom is 0.259 e. The van der Waals surface area contributed by atoms with Crippen molar-refractivity contribution in [1.29, 1.82) is 0 Å². The van der Waals surface area contributed by atoms with Gasteiger partial charge in [-0.05, 0) is 6.42 Å². The summed E-state index contributed by atoms with van der Waals surface area (Å²) < 4.78 is 6.62. The monoisotopic (exact) mass is 238 g/mol. The molecule has 6 heteroatoms. The van der Waals surface area contributed by atoms with Gasteiger partial charge in [0.1, 0.15) is 11.4 Å². The first-order valence-electron chi connectivity index (χ1n) is 5.69. The van der Waals surface area contributed by atoms with Crippen LogP contribution in [0.1, 0.15) is 16.8 Å². The Balaban J connectivity index is 2.04. The van der Waals surface area contributed by atoms with Crippen LogP contribution in [0.15, 0.2) is 6.20 Å². The molecule has 1 aliphatic rings. The van der Waals surface area contributed by atoms with Crippen molar-refractivity contribution in [2.75, 3.05) is 32.5 Å². The van der Waals surface area contributed by atoms with Crippen LogP contribution in [-0.4, -0.2) is 47.4 Å². The highest BCUT2D eigenvalue weighted by atomic mass is 16.5. The zero-order chi connectivity index (χ0) is 12.4. The number of nitrogens with two attached hydrogens (primary N) is 1. The predicted molar refractivity (Wildman–Crippen MR) is 63.5 cm³/mol. The van der Waals surface area contributed by atoms with Gasteiger partial charge in [-0.1, -0.05) is 0 Å². The molecule has 94 valence electrons. The van der Waals surface area contributed by atoms with Gasteiger partial charge < -0.3 is 15.4 Å². The normalized spacial score (nSPS) is 19.9. The number of hydrogen-bond acceptors (Lipinski definition) is 4. The molecule has 1 aliphatic heterocycles. The second-order valence-electron chi connectivity index (χ2n) is 4.43. The van der Waals surface area contributed by atoms with E-state index in [0.29, 0.717) is 23.9 Å². The van der Waals surface area contributed by atoms with Crippen molar-refractivity contribution in [3.8, 4) is 0 Å². The summed E-state index contributed by atoms with van der Waals surface area (Å²) in [6, 6.07) is 0. The van der Waals surface area contributed by atoms with Gasteiger partial charge in [-0.25, -0.2) is 0 Å². The Morgan fingerprint density at radius 3 is 3.06 bits per heavy atom. The summed E-state index contributed by atoms with van der Waals surface area (Å²) in [5.41, 5.74) is 6.28. The van der Waals surface area contributed by atoms with E-state index in [1.54, 1.807) is 14.2 Å². The van der Waals surface area contributed by atoms with Crippen molar-refractivity contribution in [2.24, 2.45) is 13.0 Å². The van der Waals surface area contributed by atoms with Crippen LogP contribution in [0.25, 0.3) is 0 Å². The zero-order valence-electron chi connectivity index (χ0n) is 10.2. The van der Waals surface area contributed by atoms with E-state index in [1.807, 2.05) is 4.90 Å². The minimum absolute atomic E-state index is 0.0331. The molecule has 2 heterocycles. The van der Waals surface area contributed by atoms with E-state index < -0.39 is 0 Å². The number of anilines is 1. The SMILES string of the molecule is COCC1CCN(C(=O)c2cnn(C)c2N)C1. The third-order valence-electron chi connectivity index (χ3n) is 3.19. The van der Waals surface area contributed by atoms with Crippen LogP contribution in [0.3, 0.4) is 0 Å². The molecular weight excluding hydrogens is 220 g/mol. The third-order valence-corrected chi connectivity index (χ3v) is 3.19. The molecule has 0 saturated carbocycles. The molecule has 1 atom stereocenters. The van der Waals surface area contributed by atoms with Crippen LogP contribution in [0.5, 0.6) is 0 Å². The van der Waals surface area contributed by atoms with Gasteiger partial charge in [-0.3, -0.25) is 9.48 Å². The van der Waals surface area contributed by atoms with Gasteiger partial charge >= 0.3 is 0 Å². The smallest absolute Gasteiger partial charge is 0.259 e. The van der Waals surface area contributed by atoms with Crippen LogP contribution in [0.2, 0.25) is 0 Å². The molecular formula is C11H18N4O2. The lowest BCUT2D eigenvalue weighted by Gasteiger charge is -2.15. The number of likely N-dealkylation sites (tertiary alicyclic amines) is 1. The largest absolute Gasteiger partial charge is 0.384 e. The standard InChI is InChI=1S/C11H18N4O2/c1-14-10(12)9(5-13-14)11(16)15-4-3-8(6-15)7-17-2/h5,8H,3-4,6-7,12H2,1-2H3. The van der Waals surface area contributed by atoms with Gasteiger partial charge in [0, 0.05) is 33.2 Å². The number of aromatic nitrogens is 2. The molecule has 17 heavy (non-hydrogen) atoms. The molecule has 1 aromatic heterocycles. The number of rotatable bonds is 3. The summed E-state index contributed by atoms with van der Waals surface area (Å²) in [4.78, 5) is 14.0. The Labute approximate surface area is 100 Å². The maximum absolute atomic E-state index is 12.2. The van der Waals surface area contributed by atoms with Crippen molar-refractivity contribution in [1.82, 2.24) is 14.7 Å². The number of amides is 1. The van der Waals surface area contributed by atoms with Gasteiger partial charge in [0.05, 0.1) is 12.8 Å². The fourth-order valence-electron chi connectivity index (χ4n) is 2.17. The lowest BCUT2D eigenvalue weighted by atomic mass is 10.1. The summed E-state index contributed by atoms with van der Waals surface area (Å²) in [6.45, 7) is 2.20. The quantitative estimate of drug-likeness (QED) is 0.811. The number of carbonyl (C=O) groups excluding carboxylic acids is 1. The summed E-state index contributed by atoms with van der Waals surface area (Å²) in [5.74, 6) is 0.821. The summed E-state index contributed by atoms with van der Waals surface area (Å²) in [5, 5.41) is 3.98. The number of ether oxygens (including phenoxy) is 1. The molecule has 1 amide bonds. The predicted octanol–water partition coefficient (Wildman–Crippen LogP) is 0.111. The number of carbonyl (C=O) groups is 1. The Kier molecular flexibility index (Phi) is 3.33. The minimum Gasteiger partial charge on any atom is -0.384 e. The van der Waals surface area contributed by atoms with Gasteiger partial charge in [0.15, 0.2) is 0 Å². The Morgan fingerprint density at radius 1 is 1.71 bits per heavy atom. The van der Waals surface area contributed by atoms with E-state index in [4.69, 9.17) is 10.5 Å². The van der Waals surface area contributed by atoms with Gasteiger partial charge in [-0.2, -0.15) is 5.10 Å². The molecule has 0 spiro atoms. The summed E-state index contributed by atoms with van der Waals surface area (Å²) in [6.07, 6.45) is 2.51. The van der Waals surface area contributed by atoms with Crippen LogP contribution >= 0.6 is 0 Å².